The third kappa shape index (κ3) is 5.83. The lowest BCUT2D eigenvalue weighted by atomic mass is 9.76. The maximum Gasteiger partial charge on any atom is 0.460 e. The maximum atomic E-state index is 14.9. The van der Waals surface area contributed by atoms with Gasteiger partial charge < -0.3 is 9.64 Å². The number of halogens is 9. The zero-order valence-corrected chi connectivity index (χ0v) is 22.9. The van der Waals surface area contributed by atoms with E-state index in [1.165, 1.54) is 31.2 Å². The molecule has 0 radical (unpaired) electrons. The molecule has 1 unspecified atom stereocenters. The predicted molar refractivity (Wildman–Crippen MR) is 140 cm³/mol. The number of alkyl halides is 9. The minimum Gasteiger partial charge on any atom is -0.489 e. The average molecular weight is 616 g/mol. The third-order valence-corrected chi connectivity index (χ3v) is 7.51. The van der Waals surface area contributed by atoms with Crippen molar-refractivity contribution in [2.75, 3.05) is 0 Å². The highest BCUT2D eigenvalue weighted by atomic mass is 19.4. The van der Waals surface area contributed by atoms with Crippen molar-refractivity contribution in [1.82, 2.24) is 4.90 Å². The monoisotopic (exact) mass is 615 g/mol. The van der Waals surface area contributed by atoms with Gasteiger partial charge in [-0.2, -0.15) is 39.5 Å². The zero-order chi connectivity index (χ0) is 31.8. The summed E-state index contributed by atoms with van der Waals surface area (Å²) < 4.78 is 130. The van der Waals surface area contributed by atoms with Crippen LogP contribution in [0.2, 0.25) is 0 Å². The Balaban J connectivity index is 1.72. The summed E-state index contributed by atoms with van der Waals surface area (Å²) in [6, 6.07) is 23.4. The fourth-order valence-corrected chi connectivity index (χ4v) is 4.93. The Labute approximate surface area is 241 Å². The van der Waals surface area contributed by atoms with Gasteiger partial charge in [-0.05, 0) is 60.4 Å². The van der Waals surface area contributed by atoms with Crippen LogP contribution in [-0.2, 0) is 17.9 Å². The molecule has 0 spiro atoms. The van der Waals surface area contributed by atoms with E-state index in [1.54, 1.807) is 30.3 Å². The van der Waals surface area contributed by atoms with E-state index in [9.17, 15) is 44.3 Å². The summed E-state index contributed by atoms with van der Waals surface area (Å²) in [5, 5.41) is 0. The molecule has 1 aliphatic rings. The Kier molecular flexibility index (Phi) is 8.38. The van der Waals surface area contributed by atoms with Crippen LogP contribution in [0.3, 0.4) is 0 Å². The second-order valence-electron chi connectivity index (χ2n) is 10.5. The quantitative estimate of drug-likeness (QED) is 0.213. The number of carbonyl (C=O) groups excluding carboxylic acids is 1. The second-order valence-corrected chi connectivity index (χ2v) is 10.5. The summed E-state index contributed by atoms with van der Waals surface area (Å²) in [6.45, 7) is 2.04. The molecule has 1 aliphatic heterocycles. The normalized spacial score (nSPS) is 18.4. The minimum atomic E-state index is -7.05. The Morgan fingerprint density at radius 1 is 0.721 bits per heavy atom. The molecular formula is C31H26F9NO2. The summed E-state index contributed by atoms with van der Waals surface area (Å²) >= 11 is 0. The Morgan fingerprint density at radius 3 is 1.74 bits per heavy atom. The van der Waals surface area contributed by atoms with E-state index in [0.717, 1.165) is 17.4 Å². The summed E-state index contributed by atoms with van der Waals surface area (Å²) in [5.41, 5.74) is -1.03. The summed E-state index contributed by atoms with van der Waals surface area (Å²) in [7, 11) is 0. The lowest BCUT2D eigenvalue weighted by Crippen LogP contribution is -2.62. The summed E-state index contributed by atoms with van der Waals surface area (Å²) in [6.07, 6.45) is -9.25. The van der Waals surface area contributed by atoms with Crippen LogP contribution in [0.4, 0.5) is 39.5 Å². The van der Waals surface area contributed by atoms with Gasteiger partial charge >= 0.3 is 23.9 Å². The van der Waals surface area contributed by atoms with Crippen LogP contribution < -0.4 is 4.74 Å². The van der Waals surface area contributed by atoms with Crippen molar-refractivity contribution in [2.45, 2.75) is 57.4 Å². The van der Waals surface area contributed by atoms with Crippen LogP contribution in [0.5, 0.6) is 5.75 Å². The molecule has 0 saturated carbocycles. The van der Waals surface area contributed by atoms with Gasteiger partial charge in [0.2, 0.25) is 5.91 Å². The van der Waals surface area contributed by atoms with Gasteiger partial charge in [0.05, 0.1) is 17.7 Å². The molecule has 0 saturated heterocycles. The molecule has 3 nitrogen and oxygen atoms in total. The predicted octanol–water partition coefficient (Wildman–Crippen LogP) is 8.90. The van der Waals surface area contributed by atoms with Crippen LogP contribution in [-0.4, -0.2) is 34.8 Å². The molecule has 1 amide bonds. The number of ether oxygens (including phenoxy) is 1. The number of nitrogens with zero attached hydrogens (tertiary/aromatic N) is 1. The molecule has 0 aromatic heterocycles. The molecule has 1 atom stereocenters. The van der Waals surface area contributed by atoms with Gasteiger partial charge in [0.15, 0.2) is 0 Å². The molecule has 3 aromatic carbocycles. The average Bonchev–Trinajstić information content (AvgIpc) is 3.12. The van der Waals surface area contributed by atoms with Crippen LogP contribution in [0.1, 0.15) is 37.0 Å². The first kappa shape index (κ1) is 32.0. The van der Waals surface area contributed by atoms with Gasteiger partial charge in [-0.3, -0.25) is 4.79 Å². The highest BCUT2D eigenvalue weighted by Crippen LogP contribution is 2.58. The minimum absolute atomic E-state index is 0.0349. The Hall–Kier alpha value is -3.96. The third-order valence-electron chi connectivity index (χ3n) is 7.51. The number of hydrogen-bond acceptors (Lipinski definition) is 2. The molecule has 0 N–H and O–H groups in total. The number of benzene rings is 3. The standard InChI is InChI=1S/C31H26F9NO2/c1-20-25(23-13-15-24(16-14-23)43-18-22-11-7-4-8-12-22)41(17-21-9-5-3-6-10-21)26(42)27(20,2)19-28(32,33)29(34,35)30(36,37)31(38,39)40/h3-16H,17-19H2,1-2H3. The van der Waals surface area contributed by atoms with Gasteiger partial charge in [0.1, 0.15) is 12.4 Å². The van der Waals surface area contributed by atoms with Gasteiger partial charge in [-0.25, -0.2) is 0 Å². The van der Waals surface area contributed by atoms with Crippen molar-refractivity contribution >= 4 is 11.6 Å². The number of amides is 1. The van der Waals surface area contributed by atoms with Crippen LogP contribution in [0, 0.1) is 5.41 Å². The number of hydrogen-bond donors (Lipinski definition) is 0. The van der Waals surface area contributed by atoms with Crippen molar-refractivity contribution in [2.24, 2.45) is 5.41 Å². The molecule has 12 heteroatoms. The summed E-state index contributed by atoms with van der Waals surface area (Å²) in [5.74, 6) is -20.6. The van der Waals surface area contributed by atoms with Crippen LogP contribution in [0.15, 0.2) is 90.5 Å². The van der Waals surface area contributed by atoms with Gasteiger partial charge in [-0.1, -0.05) is 60.7 Å². The van der Waals surface area contributed by atoms with Crippen molar-refractivity contribution in [1.29, 1.82) is 0 Å². The number of rotatable bonds is 10. The fourth-order valence-electron chi connectivity index (χ4n) is 4.93. The van der Waals surface area contributed by atoms with Crippen molar-refractivity contribution in [3.63, 3.8) is 0 Å². The first-order chi connectivity index (χ1) is 19.9. The first-order valence-corrected chi connectivity index (χ1v) is 13.0. The molecule has 0 fully saturated rings. The van der Waals surface area contributed by atoms with E-state index < -0.39 is 41.7 Å². The van der Waals surface area contributed by atoms with Crippen molar-refractivity contribution in [3.05, 3.63) is 107 Å². The molecule has 3 aromatic rings. The Morgan fingerprint density at radius 2 is 1.23 bits per heavy atom. The molecular weight excluding hydrogens is 589 g/mol. The lowest BCUT2D eigenvalue weighted by molar-refractivity contribution is -0.398. The molecule has 230 valence electrons. The van der Waals surface area contributed by atoms with Gasteiger partial charge in [0.25, 0.3) is 0 Å². The van der Waals surface area contributed by atoms with E-state index in [4.69, 9.17) is 4.74 Å². The van der Waals surface area contributed by atoms with Gasteiger partial charge in [-0.15, -0.1) is 0 Å². The highest BCUT2D eigenvalue weighted by molar-refractivity contribution is 6.00. The maximum absolute atomic E-state index is 14.9. The van der Waals surface area contributed by atoms with E-state index in [-0.39, 0.29) is 30.0 Å². The second kappa shape index (κ2) is 11.3. The van der Waals surface area contributed by atoms with Crippen molar-refractivity contribution < 1.29 is 49.0 Å². The van der Waals surface area contributed by atoms with E-state index >= 15 is 0 Å². The fraction of sp³-hybridized carbons (Fsp3) is 0.323. The van der Waals surface area contributed by atoms with E-state index in [2.05, 4.69) is 0 Å². The summed E-state index contributed by atoms with van der Waals surface area (Å²) in [4.78, 5) is 14.7. The van der Waals surface area contributed by atoms with Gasteiger partial charge in [0, 0.05) is 6.42 Å². The van der Waals surface area contributed by atoms with Crippen molar-refractivity contribution in [3.8, 4) is 5.75 Å². The SMILES string of the molecule is CC1=C(c2ccc(OCc3ccccc3)cc2)N(Cc2ccccc2)C(=O)C1(C)CC(F)(F)C(F)(F)C(F)(F)C(F)(F)F. The first-order valence-electron chi connectivity index (χ1n) is 13.0. The zero-order valence-electron chi connectivity index (χ0n) is 22.9. The Bertz CT molecular complexity index is 1470. The molecule has 1 heterocycles. The van der Waals surface area contributed by atoms with E-state index in [0.29, 0.717) is 11.3 Å². The smallest absolute Gasteiger partial charge is 0.460 e. The molecule has 0 bridgehead atoms. The lowest BCUT2D eigenvalue weighted by Gasteiger charge is -2.37. The van der Waals surface area contributed by atoms with Crippen LogP contribution in [0.25, 0.3) is 5.70 Å². The largest absolute Gasteiger partial charge is 0.489 e. The molecule has 0 aliphatic carbocycles. The molecule has 4 rings (SSSR count). The van der Waals surface area contributed by atoms with E-state index in [1.807, 2.05) is 30.3 Å². The number of carbonyl (C=O) groups is 1. The molecule has 43 heavy (non-hydrogen) atoms. The topological polar surface area (TPSA) is 29.5 Å². The highest BCUT2D eigenvalue weighted by Gasteiger charge is 2.82. The van der Waals surface area contributed by atoms with Crippen LogP contribution >= 0.6 is 0 Å².